The third-order valence-corrected chi connectivity index (χ3v) is 4.83. The van der Waals surface area contributed by atoms with Crippen LogP contribution in [0.4, 0.5) is 11.4 Å². The zero-order valence-electron chi connectivity index (χ0n) is 15.3. The number of hydrogen-bond donors (Lipinski definition) is 1. The fourth-order valence-corrected chi connectivity index (χ4v) is 3.69. The van der Waals surface area contributed by atoms with E-state index in [9.17, 15) is 13.2 Å². The van der Waals surface area contributed by atoms with Crippen molar-refractivity contribution >= 4 is 27.3 Å². The molecule has 0 bridgehead atoms. The Kier molecular flexibility index (Phi) is 6.26. The van der Waals surface area contributed by atoms with Crippen LogP contribution in [0.15, 0.2) is 54.6 Å². The number of sulfonamides is 1. The van der Waals surface area contributed by atoms with Crippen molar-refractivity contribution in [3.05, 3.63) is 54.6 Å². The number of benzene rings is 2. The quantitative estimate of drug-likeness (QED) is 0.805. The van der Waals surface area contributed by atoms with Gasteiger partial charge in [-0.1, -0.05) is 18.2 Å². The maximum absolute atomic E-state index is 12.6. The van der Waals surface area contributed by atoms with Crippen molar-refractivity contribution in [1.82, 2.24) is 0 Å². The Morgan fingerprint density at radius 2 is 1.58 bits per heavy atom. The smallest absolute Gasteiger partial charge is 0.247 e. The fourth-order valence-electron chi connectivity index (χ4n) is 2.52. The van der Waals surface area contributed by atoms with Crippen molar-refractivity contribution in [3.8, 4) is 5.75 Å². The summed E-state index contributed by atoms with van der Waals surface area (Å²) in [5, 5.41) is 2.74. The highest BCUT2D eigenvalue weighted by Gasteiger charge is 2.29. The highest BCUT2D eigenvalue weighted by atomic mass is 32.2. The molecule has 140 valence electrons. The van der Waals surface area contributed by atoms with Gasteiger partial charge in [0.1, 0.15) is 11.8 Å². The molecule has 1 atom stereocenters. The molecule has 0 spiro atoms. The standard InChI is InChI=1S/C19H24N2O4S/c1-14(2)25-18-12-10-16(11-13-18)20-19(22)15(3)21(26(4,23)24)17-8-6-5-7-9-17/h5-15H,1-4H3,(H,20,22). The van der Waals surface area contributed by atoms with Crippen molar-refractivity contribution in [2.45, 2.75) is 32.9 Å². The third kappa shape index (κ3) is 5.23. The van der Waals surface area contributed by atoms with Gasteiger partial charge in [-0.15, -0.1) is 0 Å². The first kappa shape index (κ1) is 19.8. The van der Waals surface area contributed by atoms with Crippen LogP contribution < -0.4 is 14.4 Å². The summed E-state index contributed by atoms with van der Waals surface area (Å²) in [6.45, 7) is 5.42. The predicted molar refractivity (Wildman–Crippen MR) is 104 cm³/mol. The van der Waals surface area contributed by atoms with Crippen molar-refractivity contribution < 1.29 is 17.9 Å². The number of hydrogen-bond acceptors (Lipinski definition) is 4. The van der Waals surface area contributed by atoms with Crippen LogP contribution in [0.5, 0.6) is 5.75 Å². The summed E-state index contributed by atoms with van der Waals surface area (Å²) < 4.78 is 31.1. The van der Waals surface area contributed by atoms with Gasteiger partial charge in [-0.05, 0) is 57.2 Å². The molecule has 0 fully saturated rings. The molecular weight excluding hydrogens is 352 g/mol. The normalized spacial score (nSPS) is 12.5. The summed E-state index contributed by atoms with van der Waals surface area (Å²) in [5.74, 6) is 0.282. The fraction of sp³-hybridized carbons (Fsp3) is 0.316. The first-order chi connectivity index (χ1) is 12.2. The molecule has 0 radical (unpaired) electrons. The number of rotatable bonds is 7. The lowest BCUT2D eigenvalue weighted by Crippen LogP contribution is -2.45. The Morgan fingerprint density at radius 1 is 1.00 bits per heavy atom. The molecule has 1 amide bonds. The maximum Gasteiger partial charge on any atom is 0.247 e. The van der Waals surface area contributed by atoms with Gasteiger partial charge in [0.2, 0.25) is 15.9 Å². The molecule has 26 heavy (non-hydrogen) atoms. The van der Waals surface area contributed by atoms with Crippen molar-refractivity contribution in [2.24, 2.45) is 0 Å². The van der Waals surface area contributed by atoms with Gasteiger partial charge in [0.15, 0.2) is 0 Å². The molecule has 0 saturated heterocycles. The molecule has 2 rings (SSSR count). The topological polar surface area (TPSA) is 75.7 Å². The van der Waals surface area contributed by atoms with E-state index in [1.54, 1.807) is 61.5 Å². The zero-order chi connectivity index (χ0) is 19.3. The monoisotopic (exact) mass is 376 g/mol. The van der Waals surface area contributed by atoms with Crippen molar-refractivity contribution in [2.75, 3.05) is 15.9 Å². The molecule has 0 aromatic heterocycles. The van der Waals surface area contributed by atoms with E-state index < -0.39 is 22.0 Å². The molecule has 6 nitrogen and oxygen atoms in total. The van der Waals surface area contributed by atoms with Gasteiger partial charge in [0.25, 0.3) is 0 Å². The van der Waals surface area contributed by atoms with E-state index in [1.165, 1.54) is 0 Å². The number of para-hydroxylation sites is 1. The Bertz CT molecular complexity index is 834. The van der Waals surface area contributed by atoms with Crippen LogP contribution in [0.1, 0.15) is 20.8 Å². The van der Waals surface area contributed by atoms with E-state index in [1.807, 2.05) is 13.8 Å². The summed E-state index contributed by atoms with van der Waals surface area (Å²) in [5.41, 5.74) is 1.01. The second-order valence-electron chi connectivity index (χ2n) is 6.25. The molecule has 0 saturated carbocycles. The second kappa shape index (κ2) is 8.23. The Morgan fingerprint density at radius 3 is 2.08 bits per heavy atom. The molecule has 2 aromatic rings. The average molecular weight is 376 g/mol. The average Bonchev–Trinajstić information content (AvgIpc) is 2.56. The largest absolute Gasteiger partial charge is 0.491 e. The zero-order valence-corrected chi connectivity index (χ0v) is 16.2. The molecule has 1 N–H and O–H groups in total. The van der Waals surface area contributed by atoms with E-state index in [0.29, 0.717) is 17.1 Å². The molecule has 0 aliphatic heterocycles. The van der Waals surface area contributed by atoms with Crippen LogP contribution >= 0.6 is 0 Å². The summed E-state index contributed by atoms with van der Waals surface area (Å²) in [4.78, 5) is 12.6. The minimum atomic E-state index is -3.62. The Balaban J connectivity index is 2.16. The number of carbonyl (C=O) groups excluding carboxylic acids is 1. The van der Waals surface area contributed by atoms with Gasteiger partial charge in [0, 0.05) is 5.69 Å². The number of nitrogens with zero attached hydrogens (tertiary/aromatic N) is 1. The van der Waals surface area contributed by atoms with Gasteiger partial charge >= 0.3 is 0 Å². The molecule has 0 aliphatic rings. The van der Waals surface area contributed by atoms with E-state index in [0.717, 1.165) is 10.6 Å². The van der Waals surface area contributed by atoms with Gasteiger partial charge in [-0.2, -0.15) is 0 Å². The van der Waals surface area contributed by atoms with Crippen molar-refractivity contribution in [1.29, 1.82) is 0 Å². The second-order valence-corrected chi connectivity index (χ2v) is 8.11. The lowest BCUT2D eigenvalue weighted by molar-refractivity contribution is -0.116. The third-order valence-electron chi connectivity index (χ3n) is 3.59. The molecule has 0 heterocycles. The van der Waals surface area contributed by atoms with Crippen LogP contribution in [0, 0.1) is 0 Å². The summed E-state index contributed by atoms with van der Waals surface area (Å²) >= 11 is 0. The van der Waals surface area contributed by atoms with Crippen molar-refractivity contribution in [3.63, 3.8) is 0 Å². The predicted octanol–water partition coefficient (Wildman–Crippen LogP) is 3.27. The van der Waals surface area contributed by atoms with Crippen LogP contribution in [0.3, 0.4) is 0 Å². The maximum atomic E-state index is 12.6. The first-order valence-corrected chi connectivity index (χ1v) is 10.2. The summed E-state index contributed by atoms with van der Waals surface area (Å²) in [7, 11) is -3.62. The van der Waals surface area contributed by atoms with Gasteiger partial charge < -0.3 is 10.1 Å². The van der Waals surface area contributed by atoms with Crippen LogP contribution in [0.25, 0.3) is 0 Å². The van der Waals surface area contributed by atoms with Crippen LogP contribution in [-0.4, -0.2) is 32.7 Å². The first-order valence-electron chi connectivity index (χ1n) is 8.30. The molecule has 0 aliphatic carbocycles. The molecule has 2 aromatic carbocycles. The van der Waals surface area contributed by atoms with E-state index in [-0.39, 0.29) is 6.10 Å². The molecular formula is C19H24N2O4S. The minimum Gasteiger partial charge on any atom is -0.491 e. The van der Waals surface area contributed by atoms with E-state index >= 15 is 0 Å². The number of carbonyl (C=O) groups is 1. The van der Waals surface area contributed by atoms with Gasteiger partial charge in [-0.25, -0.2) is 8.42 Å². The van der Waals surface area contributed by atoms with E-state index in [4.69, 9.17) is 4.74 Å². The number of nitrogens with one attached hydrogen (secondary N) is 1. The Labute approximate surface area is 154 Å². The lowest BCUT2D eigenvalue weighted by atomic mass is 10.2. The van der Waals surface area contributed by atoms with Gasteiger partial charge in [0.05, 0.1) is 18.0 Å². The number of anilines is 2. The summed E-state index contributed by atoms with van der Waals surface area (Å²) in [6, 6.07) is 14.6. The molecule has 7 heteroatoms. The van der Waals surface area contributed by atoms with Crippen LogP contribution in [-0.2, 0) is 14.8 Å². The Hall–Kier alpha value is -2.54. The van der Waals surface area contributed by atoms with E-state index in [2.05, 4.69) is 5.32 Å². The lowest BCUT2D eigenvalue weighted by Gasteiger charge is -2.28. The van der Waals surface area contributed by atoms with Gasteiger partial charge in [-0.3, -0.25) is 9.10 Å². The van der Waals surface area contributed by atoms with Crippen LogP contribution in [0.2, 0.25) is 0 Å². The highest BCUT2D eigenvalue weighted by Crippen LogP contribution is 2.22. The molecule has 1 unspecified atom stereocenters. The SMILES string of the molecule is CC(C)Oc1ccc(NC(=O)C(C)N(c2ccccc2)S(C)(=O)=O)cc1. The number of amides is 1. The number of ether oxygens (including phenoxy) is 1. The minimum absolute atomic E-state index is 0.0599. The highest BCUT2D eigenvalue weighted by molar-refractivity contribution is 7.92. The summed E-state index contributed by atoms with van der Waals surface area (Å²) in [6.07, 6.45) is 1.15.